The third-order valence-electron chi connectivity index (χ3n) is 4.87. The molecule has 0 amide bonds. The topological polar surface area (TPSA) is 119 Å². The number of fused-ring (bicyclic) bond motifs is 1. The smallest absolute Gasteiger partial charge is 0.344 e. The second-order valence-corrected chi connectivity index (χ2v) is 7.42. The van der Waals surface area contributed by atoms with E-state index in [1.165, 1.54) is 18.2 Å². The molecule has 9 heteroatoms. The predicted molar refractivity (Wildman–Crippen MR) is 112 cm³/mol. The van der Waals surface area contributed by atoms with Crippen LogP contribution in [0.25, 0.3) is 0 Å². The minimum Gasteiger partial charge on any atom is -0.507 e. The van der Waals surface area contributed by atoms with E-state index in [1.807, 2.05) is 6.08 Å². The Hall–Kier alpha value is -3.20. The van der Waals surface area contributed by atoms with Crippen molar-refractivity contribution in [2.45, 2.75) is 6.92 Å². The number of hydrogen-bond donors (Lipinski definition) is 2. The zero-order valence-electron chi connectivity index (χ0n) is 16.4. The molecule has 3 N–H and O–H groups in total. The number of benzene rings is 1. The van der Waals surface area contributed by atoms with Gasteiger partial charge >= 0.3 is 5.97 Å². The number of hydrogen-bond acceptors (Lipinski definition) is 8. The molecule has 0 saturated heterocycles. The van der Waals surface area contributed by atoms with Gasteiger partial charge in [-0.1, -0.05) is 24.4 Å². The van der Waals surface area contributed by atoms with Crippen molar-refractivity contribution >= 4 is 34.7 Å². The first-order valence-corrected chi connectivity index (χ1v) is 9.82. The molecule has 1 aliphatic heterocycles. The summed E-state index contributed by atoms with van der Waals surface area (Å²) in [6.45, 7) is 1.93. The number of Topliss-reactive ketones (excluding diaryl/α,β-unsaturated/α-hetero) is 2. The van der Waals surface area contributed by atoms with Crippen molar-refractivity contribution in [3.8, 4) is 11.5 Å². The lowest BCUT2D eigenvalue weighted by Gasteiger charge is -2.22. The lowest BCUT2D eigenvalue weighted by Crippen LogP contribution is -2.37. The zero-order valence-corrected chi connectivity index (χ0v) is 17.2. The highest BCUT2D eigenvalue weighted by Crippen LogP contribution is 2.32. The summed E-state index contributed by atoms with van der Waals surface area (Å²) >= 11 is 4.94. The normalized spacial score (nSPS) is 19.8. The molecule has 8 nitrogen and oxygen atoms in total. The van der Waals surface area contributed by atoms with Gasteiger partial charge in [-0.3, -0.25) is 9.59 Å². The molecule has 3 rings (SSSR count). The van der Waals surface area contributed by atoms with Crippen LogP contribution in [-0.2, 0) is 14.3 Å². The van der Waals surface area contributed by atoms with Crippen LogP contribution in [0.2, 0.25) is 0 Å². The zero-order chi connectivity index (χ0) is 21.8. The molecule has 1 aromatic rings. The largest absolute Gasteiger partial charge is 0.507 e. The molecule has 0 aromatic heterocycles. The number of ketones is 2. The molecule has 158 valence electrons. The summed E-state index contributed by atoms with van der Waals surface area (Å²) < 4.78 is 10.1. The first kappa shape index (κ1) is 21.5. The van der Waals surface area contributed by atoms with E-state index < -0.39 is 11.9 Å². The molecular formula is C21H22N2O6S. The standard InChI is InChI=1S/C21H22N2O6S/c1-2-28-19(26)11-29-13-4-6-17(24)15(7-13)18(25)10-23-8-12-3-5-14(21(22)30)20(27)16(12)9-23/h3-8,14,16,24H,2,9-11H2,1H3,(H2,22,30). The van der Waals surface area contributed by atoms with E-state index in [0.717, 1.165) is 5.57 Å². The van der Waals surface area contributed by atoms with Crippen molar-refractivity contribution in [3.05, 3.63) is 47.7 Å². The van der Waals surface area contributed by atoms with Crippen molar-refractivity contribution in [2.24, 2.45) is 17.6 Å². The second-order valence-electron chi connectivity index (χ2n) is 6.95. The Morgan fingerprint density at radius 1 is 1.37 bits per heavy atom. The van der Waals surface area contributed by atoms with Gasteiger partial charge in [-0.05, 0) is 30.7 Å². The Labute approximate surface area is 178 Å². The summed E-state index contributed by atoms with van der Waals surface area (Å²) in [5.41, 5.74) is 6.49. The van der Waals surface area contributed by atoms with Crippen LogP contribution in [0.4, 0.5) is 0 Å². The maximum absolute atomic E-state index is 12.8. The summed E-state index contributed by atoms with van der Waals surface area (Å²) in [6.07, 6.45) is 5.24. The highest BCUT2D eigenvalue weighted by Gasteiger charge is 2.37. The molecule has 0 saturated carbocycles. The van der Waals surface area contributed by atoms with Crippen molar-refractivity contribution in [2.75, 3.05) is 26.3 Å². The van der Waals surface area contributed by atoms with Crippen molar-refractivity contribution in [1.82, 2.24) is 4.90 Å². The second kappa shape index (κ2) is 9.08. The van der Waals surface area contributed by atoms with Gasteiger partial charge in [0.05, 0.1) is 35.5 Å². The molecule has 0 fully saturated rings. The molecule has 0 bridgehead atoms. The number of nitrogens with two attached hydrogens (primary N) is 1. The Balaban J connectivity index is 1.66. The van der Waals surface area contributed by atoms with Crippen LogP contribution in [0.5, 0.6) is 11.5 Å². The molecule has 0 radical (unpaired) electrons. The monoisotopic (exact) mass is 430 g/mol. The number of carbonyl (C=O) groups is 3. The first-order chi connectivity index (χ1) is 14.3. The van der Waals surface area contributed by atoms with Gasteiger partial charge in [-0.2, -0.15) is 0 Å². The lowest BCUT2D eigenvalue weighted by molar-refractivity contribution is -0.145. The minimum absolute atomic E-state index is 0.0340. The van der Waals surface area contributed by atoms with Crippen molar-refractivity contribution in [3.63, 3.8) is 0 Å². The van der Waals surface area contributed by atoms with Gasteiger partial charge in [0.25, 0.3) is 0 Å². The number of rotatable bonds is 8. The number of thiocarbonyl (C=S) groups is 1. The highest BCUT2D eigenvalue weighted by atomic mass is 32.1. The number of esters is 1. The van der Waals surface area contributed by atoms with Crippen molar-refractivity contribution in [1.29, 1.82) is 0 Å². The predicted octanol–water partition coefficient (Wildman–Crippen LogP) is 1.37. The SMILES string of the molecule is CCOC(=O)COc1ccc(O)c(C(=O)CN2C=C3C=CC(C(N)=S)C(=O)C3C2)c1. The van der Waals surface area contributed by atoms with Crippen LogP contribution in [0, 0.1) is 11.8 Å². The van der Waals surface area contributed by atoms with E-state index in [2.05, 4.69) is 0 Å². The first-order valence-electron chi connectivity index (χ1n) is 9.41. The molecule has 2 unspecified atom stereocenters. The number of aromatic hydroxyl groups is 1. The minimum atomic E-state index is -0.588. The summed E-state index contributed by atoms with van der Waals surface area (Å²) in [6, 6.07) is 4.16. The quantitative estimate of drug-likeness (QED) is 0.358. The molecule has 1 aliphatic carbocycles. The molecule has 1 aromatic carbocycles. The number of nitrogens with zero attached hydrogens (tertiary/aromatic N) is 1. The summed E-state index contributed by atoms with van der Waals surface area (Å²) in [5, 5.41) is 10.1. The molecule has 1 heterocycles. The third kappa shape index (κ3) is 4.68. The van der Waals surface area contributed by atoms with Crippen LogP contribution in [0.15, 0.2) is 42.1 Å². The van der Waals surface area contributed by atoms with Crippen LogP contribution < -0.4 is 10.5 Å². The maximum Gasteiger partial charge on any atom is 0.344 e. The Kier molecular flexibility index (Phi) is 6.51. The fourth-order valence-electron chi connectivity index (χ4n) is 3.41. The van der Waals surface area contributed by atoms with Crippen LogP contribution in [0.3, 0.4) is 0 Å². The maximum atomic E-state index is 12.8. The Morgan fingerprint density at radius 3 is 2.83 bits per heavy atom. The lowest BCUT2D eigenvalue weighted by atomic mass is 9.83. The van der Waals surface area contributed by atoms with Gasteiger partial charge in [-0.15, -0.1) is 0 Å². The Morgan fingerprint density at radius 2 is 2.13 bits per heavy atom. The van der Waals surface area contributed by atoms with Gasteiger partial charge < -0.3 is 25.2 Å². The van der Waals surface area contributed by atoms with E-state index in [-0.39, 0.29) is 59.3 Å². The van der Waals surface area contributed by atoms with E-state index in [4.69, 9.17) is 27.4 Å². The summed E-state index contributed by atoms with van der Waals surface area (Å²) in [7, 11) is 0. The molecule has 30 heavy (non-hydrogen) atoms. The van der Waals surface area contributed by atoms with Gasteiger partial charge in [-0.25, -0.2) is 4.79 Å². The number of phenolic OH excluding ortho intramolecular Hbond substituents is 1. The fraction of sp³-hybridized carbons (Fsp3) is 0.333. The van der Waals surface area contributed by atoms with Gasteiger partial charge in [0.15, 0.2) is 18.2 Å². The number of carbonyl (C=O) groups excluding carboxylic acids is 3. The number of phenols is 1. The van der Waals surface area contributed by atoms with E-state index in [0.29, 0.717) is 6.54 Å². The average molecular weight is 430 g/mol. The summed E-state index contributed by atoms with van der Waals surface area (Å²) in [5.74, 6) is -1.88. The summed E-state index contributed by atoms with van der Waals surface area (Å²) in [4.78, 5) is 38.6. The van der Waals surface area contributed by atoms with Crippen LogP contribution in [0.1, 0.15) is 17.3 Å². The number of allylic oxidation sites excluding steroid dienone is 1. The third-order valence-corrected chi connectivity index (χ3v) is 5.12. The van der Waals surface area contributed by atoms with E-state index in [9.17, 15) is 19.5 Å². The van der Waals surface area contributed by atoms with Crippen LogP contribution in [-0.4, -0.2) is 58.8 Å². The molecule has 0 spiro atoms. The van der Waals surface area contributed by atoms with Gasteiger partial charge in [0.2, 0.25) is 0 Å². The molecule has 2 atom stereocenters. The molecule has 2 aliphatic rings. The van der Waals surface area contributed by atoms with E-state index >= 15 is 0 Å². The van der Waals surface area contributed by atoms with Crippen molar-refractivity contribution < 1.29 is 29.0 Å². The molecular weight excluding hydrogens is 408 g/mol. The Bertz CT molecular complexity index is 955. The van der Waals surface area contributed by atoms with E-state index in [1.54, 1.807) is 24.1 Å². The van der Waals surface area contributed by atoms with Crippen LogP contribution >= 0.6 is 12.2 Å². The highest BCUT2D eigenvalue weighted by molar-refractivity contribution is 7.80. The number of ether oxygens (including phenoxy) is 2. The average Bonchev–Trinajstić information content (AvgIpc) is 3.11. The van der Waals surface area contributed by atoms with Gasteiger partial charge in [0, 0.05) is 12.7 Å². The van der Waals surface area contributed by atoms with Gasteiger partial charge in [0.1, 0.15) is 11.5 Å². The fourth-order valence-corrected chi connectivity index (χ4v) is 3.61.